The molecule has 2 aromatic carbocycles. The van der Waals surface area contributed by atoms with E-state index in [1.54, 1.807) is 47.1 Å². The van der Waals surface area contributed by atoms with Gasteiger partial charge in [0.25, 0.3) is 5.91 Å². The predicted octanol–water partition coefficient (Wildman–Crippen LogP) is 4.36. The van der Waals surface area contributed by atoms with Crippen molar-refractivity contribution in [2.75, 3.05) is 44.7 Å². The third-order valence-corrected chi connectivity index (χ3v) is 5.70. The first-order valence-corrected chi connectivity index (χ1v) is 11.8. The highest BCUT2D eigenvalue weighted by Crippen LogP contribution is 2.22. The van der Waals surface area contributed by atoms with Crippen molar-refractivity contribution in [2.24, 2.45) is 0 Å². The fraction of sp³-hybridized carbons (Fsp3) is 0.400. The Morgan fingerprint density at radius 2 is 1.74 bits per heavy atom. The van der Waals surface area contributed by atoms with Gasteiger partial charge in [-0.1, -0.05) is 23.7 Å². The second-order valence-corrected chi connectivity index (χ2v) is 8.37. The molecule has 182 valence electrons. The van der Waals surface area contributed by atoms with Gasteiger partial charge in [0.1, 0.15) is 5.75 Å². The average molecular weight is 488 g/mol. The number of halogens is 1. The second kappa shape index (κ2) is 12.3. The number of piperazine rings is 1. The van der Waals surface area contributed by atoms with Gasteiger partial charge in [-0.2, -0.15) is 0 Å². The Morgan fingerprint density at radius 1 is 1.03 bits per heavy atom. The second-order valence-electron chi connectivity index (χ2n) is 7.93. The van der Waals surface area contributed by atoms with Gasteiger partial charge in [0, 0.05) is 37.6 Å². The molecule has 0 radical (unpaired) electrons. The molecule has 1 aliphatic rings. The molecule has 1 aliphatic heterocycles. The zero-order valence-corrected chi connectivity index (χ0v) is 20.3. The van der Waals surface area contributed by atoms with Crippen LogP contribution in [-0.2, 0) is 9.53 Å². The number of nitrogens with zero attached hydrogens (tertiary/aromatic N) is 2. The number of benzene rings is 2. The van der Waals surface area contributed by atoms with Gasteiger partial charge < -0.3 is 24.6 Å². The number of nitrogens with one attached hydrogen (secondary N) is 1. The van der Waals surface area contributed by atoms with E-state index in [-0.39, 0.29) is 24.3 Å². The molecule has 34 heavy (non-hydrogen) atoms. The number of rotatable bonds is 8. The first-order chi connectivity index (χ1) is 16.4. The van der Waals surface area contributed by atoms with Crippen LogP contribution in [-0.4, -0.2) is 67.1 Å². The van der Waals surface area contributed by atoms with Crippen molar-refractivity contribution >= 4 is 35.2 Å². The van der Waals surface area contributed by atoms with Crippen LogP contribution < -0.4 is 10.1 Å². The Morgan fingerprint density at radius 3 is 2.44 bits per heavy atom. The highest BCUT2D eigenvalue weighted by molar-refractivity contribution is 6.30. The van der Waals surface area contributed by atoms with Gasteiger partial charge in [-0.25, -0.2) is 4.79 Å². The molecule has 3 rings (SSSR count). The number of para-hydroxylation sites is 1. The molecule has 1 heterocycles. The van der Waals surface area contributed by atoms with Crippen LogP contribution >= 0.6 is 11.6 Å². The minimum Gasteiger partial charge on any atom is -0.493 e. The topological polar surface area (TPSA) is 88.2 Å². The third-order valence-electron chi connectivity index (χ3n) is 5.47. The van der Waals surface area contributed by atoms with Crippen molar-refractivity contribution in [1.29, 1.82) is 0 Å². The Kier molecular flexibility index (Phi) is 9.16. The number of aryl methyl sites for hydroxylation is 1. The summed E-state index contributed by atoms with van der Waals surface area (Å²) in [6.45, 7) is 6.01. The van der Waals surface area contributed by atoms with E-state index >= 15 is 0 Å². The molecule has 1 N–H and O–H groups in total. The van der Waals surface area contributed by atoms with Gasteiger partial charge in [0.15, 0.2) is 0 Å². The molecule has 0 aromatic heterocycles. The predicted molar refractivity (Wildman–Crippen MR) is 130 cm³/mol. The van der Waals surface area contributed by atoms with E-state index in [0.717, 1.165) is 11.3 Å². The van der Waals surface area contributed by atoms with Gasteiger partial charge >= 0.3 is 6.09 Å². The Balaban J connectivity index is 1.50. The molecular weight excluding hydrogens is 458 g/mol. The van der Waals surface area contributed by atoms with Crippen molar-refractivity contribution in [1.82, 2.24) is 9.80 Å². The summed E-state index contributed by atoms with van der Waals surface area (Å²) in [6.07, 6.45) is 0.421. The molecule has 2 aromatic rings. The van der Waals surface area contributed by atoms with E-state index in [0.29, 0.717) is 62.1 Å². The molecule has 0 bridgehead atoms. The number of carbonyl (C=O) groups excluding carboxylic acids is 3. The van der Waals surface area contributed by atoms with Crippen LogP contribution in [0.5, 0.6) is 5.75 Å². The first kappa shape index (κ1) is 25.4. The SMILES string of the molecule is CCOC(=O)N1CCN(C(=O)c2ccccc2NC(=O)CCCOc2ccc(Cl)cc2C)CC1. The summed E-state index contributed by atoms with van der Waals surface area (Å²) in [4.78, 5) is 40.7. The lowest BCUT2D eigenvalue weighted by Gasteiger charge is -2.34. The normalized spacial score (nSPS) is 13.4. The highest BCUT2D eigenvalue weighted by atomic mass is 35.5. The van der Waals surface area contributed by atoms with Crippen LogP contribution in [0.25, 0.3) is 0 Å². The van der Waals surface area contributed by atoms with E-state index in [1.165, 1.54) is 0 Å². The Hall–Kier alpha value is -3.26. The number of hydrogen-bond donors (Lipinski definition) is 1. The summed E-state index contributed by atoms with van der Waals surface area (Å²) in [7, 11) is 0. The molecule has 3 amide bonds. The number of amides is 3. The number of carbonyl (C=O) groups is 3. The Bertz CT molecular complexity index is 1020. The number of hydrogen-bond acceptors (Lipinski definition) is 5. The lowest BCUT2D eigenvalue weighted by atomic mass is 10.1. The maximum Gasteiger partial charge on any atom is 0.409 e. The smallest absolute Gasteiger partial charge is 0.409 e. The summed E-state index contributed by atoms with van der Waals surface area (Å²) >= 11 is 5.96. The molecule has 1 fully saturated rings. The van der Waals surface area contributed by atoms with Crippen molar-refractivity contribution in [3.8, 4) is 5.75 Å². The van der Waals surface area contributed by atoms with E-state index in [4.69, 9.17) is 21.1 Å². The summed E-state index contributed by atoms with van der Waals surface area (Å²) in [5.74, 6) is 0.369. The summed E-state index contributed by atoms with van der Waals surface area (Å²) in [5, 5.41) is 3.50. The summed E-state index contributed by atoms with van der Waals surface area (Å²) < 4.78 is 10.8. The molecule has 8 nitrogen and oxygen atoms in total. The van der Waals surface area contributed by atoms with Gasteiger partial charge in [0.05, 0.1) is 24.5 Å². The van der Waals surface area contributed by atoms with Crippen LogP contribution in [0.3, 0.4) is 0 Å². The standard InChI is InChI=1S/C25H30ClN3O5/c1-3-33-25(32)29-14-12-28(13-15-29)24(31)20-7-4-5-8-21(20)27-23(30)9-6-16-34-22-11-10-19(26)17-18(22)2/h4-5,7-8,10-11,17H,3,6,9,12-16H2,1-2H3,(H,27,30). The van der Waals surface area contributed by atoms with Gasteiger partial charge in [-0.3, -0.25) is 9.59 Å². The summed E-state index contributed by atoms with van der Waals surface area (Å²) in [5.41, 5.74) is 1.83. The van der Waals surface area contributed by atoms with Gasteiger partial charge in [-0.05, 0) is 56.2 Å². The zero-order valence-electron chi connectivity index (χ0n) is 19.5. The third kappa shape index (κ3) is 6.87. The van der Waals surface area contributed by atoms with Crippen LogP contribution in [0.2, 0.25) is 5.02 Å². The largest absolute Gasteiger partial charge is 0.493 e. The quantitative estimate of drug-likeness (QED) is 0.559. The van der Waals surface area contributed by atoms with E-state index in [2.05, 4.69) is 5.32 Å². The molecule has 0 aliphatic carbocycles. The van der Waals surface area contributed by atoms with E-state index in [1.807, 2.05) is 19.1 Å². The molecule has 9 heteroatoms. The Labute approximate surface area is 204 Å². The fourth-order valence-electron chi connectivity index (χ4n) is 3.66. The number of anilines is 1. The van der Waals surface area contributed by atoms with E-state index < -0.39 is 0 Å². The van der Waals surface area contributed by atoms with Gasteiger partial charge in [-0.15, -0.1) is 0 Å². The lowest BCUT2D eigenvalue weighted by Crippen LogP contribution is -2.50. The minimum atomic E-state index is -0.363. The van der Waals surface area contributed by atoms with Crippen LogP contribution in [0.4, 0.5) is 10.5 Å². The van der Waals surface area contributed by atoms with Crippen molar-refractivity contribution in [3.63, 3.8) is 0 Å². The summed E-state index contributed by atoms with van der Waals surface area (Å²) in [6, 6.07) is 12.4. The molecule has 0 atom stereocenters. The molecular formula is C25H30ClN3O5. The fourth-order valence-corrected chi connectivity index (χ4v) is 3.88. The lowest BCUT2D eigenvalue weighted by molar-refractivity contribution is -0.116. The van der Waals surface area contributed by atoms with Crippen molar-refractivity contribution in [3.05, 3.63) is 58.6 Å². The van der Waals surface area contributed by atoms with Crippen LogP contribution in [0.1, 0.15) is 35.7 Å². The zero-order chi connectivity index (χ0) is 24.5. The average Bonchev–Trinajstić information content (AvgIpc) is 2.83. The van der Waals surface area contributed by atoms with Gasteiger partial charge in [0.2, 0.25) is 5.91 Å². The van der Waals surface area contributed by atoms with Crippen LogP contribution in [0, 0.1) is 6.92 Å². The monoisotopic (exact) mass is 487 g/mol. The van der Waals surface area contributed by atoms with Crippen LogP contribution in [0.15, 0.2) is 42.5 Å². The molecule has 0 spiro atoms. The maximum atomic E-state index is 13.1. The highest BCUT2D eigenvalue weighted by Gasteiger charge is 2.26. The molecule has 0 saturated carbocycles. The van der Waals surface area contributed by atoms with Crippen molar-refractivity contribution in [2.45, 2.75) is 26.7 Å². The first-order valence-electron chi connectivity index (χ1n) is 11.4. The van der Waals surface area contributed by atoms with Crippen molar-refractivity contribution < 1.29 is 23.9 Å². The maximum absolute atomic E-state index is 13.1. The molecule has 1 saturated heterocycles. The minimum absolute atomic E-state index is 0.180. The van der Waals surface area contributed by atoms with E-state index in [9.17, 15) is 14.4 Å². The molecule has 0 unspecified atom stereocenters. The number of ether oxygens (including phenoxy) is 2.